The summed E-state index contributed by atoms with van der Waals surface area (Å²) in [6, 6.07) is -0.0276. The van der Waals surface area contributed by atoms with Crippen molar-refractivity contribution in [3.8, 4) is 0 Å². The third kappa shape index (κ3) is 4.08. The first-order valence-corrected chi connectivity index (χ1v) is 12.2. The molecule has 9 nitrogen and oxygen atoms in total. The molecule has 4 heterocycles. The molecule has 4 aliphatic heterocycles. The molecule has 2 bridgehead atoms. The van der Waals surface area contributed by atoms with Crippen molar-refractivity contribution in [3.63, 3.8) is 0 Å². The smallest absolute Gasteiger partial charge is 0.274 e. The zero-order valence-electron chi connectivity index (χ0n) is 20.5. The summed E-state index contributed by atoms with van der Waals surface area (Å²) in [5, 5.41) is 27.8. The lowest BCUT2D eigenvalue weighted by Gasteiger charge is -2.48. The predicted molar refractivity (Wildman–Crippen MR) is 124 cm³/mol. The third-order valence-electron chi connectivity index (χ3n) is 7.70. The number of amides is 2. The monoisotopic (exact) mass is 538 g/mol. The van der Waals surface area contributed by atoms with Gasteiger partial charge in [0.05, 0.1) is 17.3 Å². The van der Waals surface area contributed by atoms with E-state index in [1.54, 1.807) is 0 Å². The molecule has 4 aliphatic rings. The van der Waals surface area contributed by atoms with E-state index in [1.165, 1.54) is 22.9 Å². The number of hydrogen-bond acceptors (Lipinski definition) is 7. The van der Waals surface area contributed by atoms with Crippen molar-refractivity contribution in [2.75, 3.05) is 6.54 Å². The maximum atomic E-state index is 14.1. The Morgan fingerprint density at radius 3 is 2.63 bits per heavy atom. The van der Waals surface area contributed by atoms with Crippen LogP contribution in [0.25, 0.3) is 0 Å². The molecule has 3 N–H and O–H groups in total. The number of carbonyl (C=O) groups is 2. The summed E-state index contributed by atoms with van der Waals surface area (Å²) < 4.78 is 55.4. The van der Waals surface area contributed by atoms with Gasteiger partial charge in [-0.1, -0.05) is 5.16 Å². The van der Waals surface area contributed by atoms with Crippen LogP contribution in [-0.4, -0.2) is 74.0 Å². The number of carbonyl (C=O) groups excluding carboxylic acids is 2. The molecule has 0 aliphatic carbocycles. The molecule has 2 amide bonds. The number of nitrogens with one attached hydrogen (secondary N) is 1. The van der Waals surface area contributed by atoms with Gasteiger partial charge in [0.25, 0.3) is 11.8 Å². The maximum absolute atomic E-state index is 14.1. The molecule has 0 radical (unpaired) electrons. The van der Waals surface area contributed by atoms with Crippen molar-refractivity contribution >= 4 is 17.5 Å². The average Bonchev–Trinajstić information content (AvgIpc) is 3.24. The number of benzene rings is 1. The van der Waals surface area contributed by atoms with E-state index in [2.05, 4.69) is 10.5 Å². The van der Waals surface area contributed by atoms with Gasteiger partial charge in [-0.2, -0.15) is 0 Å². The second-order valence-corrected chi connectivity index (χ2v) is 10.1. The Hall–Kier alpha value is -3.61. The molecule has 1 aromatic rings. The molecule has 0 saturated carbocycles. The Morgan fingerprint density at radius 2 is 2.00 bits per heavy atom. The summed E-state index contributed by atoms with van der Waals surface area (Å²) in [5.41, 5.74) is -2.14. The van der Waals surface area contributed by atoms with Gasteiger partial charge >= 0.3 is 0 Å². The van der Waals surface area contributed by atoms with Crippen molar-refractivity contribution < 1.29 is 42.2 Å². The van der Waals surface area contributed by atoms with Crippen LogP contribution in [0.2, 0.25) is 0 Å². The lowest BCUT2D eigenvalue weighted by atomic mass is 9.82. The average molecular weight is 538 g/mol. The summed E-state index contributed by atoms with van der Waals surface area (Å²) in [7, 11) is 0. The van der Waals surface area contributed by atoms with E-state index in [4.69, 9.17) is 4.84 Å². The molecular formula is C25H26F4N4O5. The Bertz CT molecular complexity index is 1280. The SMILES string of the molecule is C[C@@H](F)C1=NO[C@@]2(CC[C@H](C)N3C[C@H]2N2C=C(C(=O)NCc4c(F)cc(F)cc4F)C(O)C(O)=C2C3=O)C1. The minimum atomic E-state index is -1.91. The Morgan fingerprint density at radius 1 is 1.32 bits per heavy atom. The van der Waals surface area contributed by atoms with E-state index in [1.807, 2.05) is 6.92 Å². The molecular weight excluding hydrogens is 512 g/mol. The van der Waals surface area contributed by atoms with Crippen LogP contribution >= 0.6 is 0 Å². The summed E-state index contributed by atoms with van der Waals surface area (Å²) in [5.74, 6) is -5.87. The fraction of sp³-hybridized carbons (Fsp3) is 0.480. The van der Waals surface area contributed by atoms with Crippen LogP contribution in [0.1, 0.15) is 38.7 Å². The van der Waals surface area contributed by atoms with Gasteiger partial charge in [0.1, 0.15) is 35.4 Å². The van der Waals surface area contributed by atoms with Crippen LogP contribution in [-0.2, 0) is 21.0 Å². The highest BCUT2D eigenvalue weighted by atomic mass is 19.1. The summed E-state index contributed by atoms with van der Waals surface area (Å²) in [6.07, 6.45) is -1.08. The number of rotatable bonds is 4. The number of hydrogen-bond donors (Lipinski definition) is 3. The van der Waals surface area contributed by atoms with Gasteiger partial charge in [-0.05, 0) is 26.7 Å². The highest BCUT2D eigenvalue weighted by Crippen LogP contribution is 2.45. The second-order valence-electron chi connectivity index (χ2n) is 10.1. The zero-order valence-corrected chi connectivity index (χ0v) is 20.5. The van der Waals surface area contributed by atoms with E-state index in [0.717, 1.165) is 0 Å². The fourth-order valence-corrected chi connectivity index (χ4v) is 5.47. The summed E-state index contributed by atoms with van der Waals surface area (Å²) in [6.45, 7) is 2.61. The molecule has 13 heteroatoms. The van der Waals surface area contributed by atoms with Crippen LogP contribution < -0.4 is 5.32 Å². The number of oxime groups is 1. The van der Waals surface area contributed by atoms with E-state index in [-0.39, 0.29) is 30.4 Å². The van der Waals surface area contributed by atoms with Crippen molar-refractivity contribution in [3.05, 3.63) is 58.4 Å². The fourth-order valence-electron chi connectivity index (χ4n) is 5.47. The minimum absolute atomic E-state index is 0.119. The van der Waals surface area contributed by atoms with Gasteiger partial charge in [-0.3, -0.25) is 9.59 Å². The summed E-state index contributed by atoms with van der Waals surface area (Å²) >= 11 is 0. The van der Waals surface area contributed by atoms with Gasteiger partial charge in [0.2, 0.25) is 0 Å². The summed E-state index contributed by atoms with van der Waals surface area (Å²) in [4.78, 5) is 35.0. The van der Waals surface area contributed by atoms with Crippen LogP contribution in [0.15, 0.2) is 40.5 Å². The van der Waals surface area contributed by atoms with E-state index in [9.17, 15) is 37.4 Å². The maximum Gasteiger partial charge on any atom is 0.274 e. The van der Waals surface area contributed by atoms with E-state index < -0.39 is 76.6 Å². The van der Waals surface area contributed by atoms with Gasteiger partial charge in [0, 0.05) is 49.4 Å². The Kier molecular flexibility index (Phi) is 6.36. The van der Waals surface area contributed by atoms with E-state index in [0.29, 0.717) is 25.0 Å². The van der Waals surface area contributed by atoms with Crippen molar-refractivity contribution in [1.82, 2.24) is 15.1 Å². The van der Waals surface area contributed by atoms with Crippen molar-refractivity contribution in [2.24, 2.45) is 5.16 Å². The lowest BCUT2D eigenvalue weighted by molar-refractivity contribution is -0.140. The van der Waals surface area contributed by atoms with E-state index >= 15 is 0 Å². The number of aliphatic hydroxyl groups is 2. The normalized spacial score (nSPS) is 29.4. The number of alkyl halides is 1. The quantitative estimate of drug-likeness (QED) is 0.507. The zero-order chi connectivity index (χ0) is 27.5. The molecule has 1 spiro atoms. The highest BCUT2D eigenvalue weighted by molar-refractivity contribution is 5.99. The Balaban J connectivity index is 1.48. The van der Waals surface area contributed by atoms with Crippen LogP contribution in [0.4, 0.5) is 17.6 Å². The largest absolute Gasteiger partial charge is 0.507 e. The van der Waals surface area contributed by atoms with Crippen LogP contribution in [0.3, 0.4) is 0 Å². The lowest BCUT2D eigenvalue weighted by Crippen LogP contribution is -2.63. The first-order chi connectivity index (χ1) is 17.9. The molecule has 38 heavy (non-hydrogen) atoms. The second kappa shape index (κ2) is 9.29. The molecule has 5 atom stereocenters. The van der Waals surface area contributed by atoms with Crippen molar-refractivity contribution in [1.29, 1.82) is 0 Å². The van der Waals surface area contributed by atoms with Gasteiger partial charge in [0.15, 0.2) is 11.4 Å². The van der Waals surface area contributed by atoms with Crippen LogP contribution in [0, 0.1) is 17.5 Å². The molecule has 5 rings (SSSR count). The first-order valence-electron chi connectivity index (χ1n) is 12.2. The first kappa shape index (κ1) is 26.0. The predicted octanol–water partition coefficient (Wildman–Crippen LogP) is 2.32. The van der Waals surface area contributed by atoms with Crippen LogP contribution in [0.5, 0.6) is 0 Å². The van der Waals surface area contributed by atoms with Gasteiger partial charge in [-0.25, -0.2) is 17.6 Å². The molecule has 1 aromatic carbocycles. The number of halogens is 4. The minimum Gasteiger partial charge on any atom is -0.507 e. The molecule has 2 fully saturated rings. The highest BCUT2D eigenvalue weighted by Gasteiger charge is 2.57. The molecule has 0 aromatic heterocycles. The molecule has 2 saturated heterocycles. The molecule has 1 unspecified atom stereocenters. The third-order valence-corrected chi connectivity index (χ3v) is 7.70. The number of aliphatic hydroxyl groups excluding tert-OH is 2. The van der Waals surface area contributed by atoms with Gasteiger partial charge < -0.3 is 30.2 Å². The van der Waals surface area contributed by atoms with Gasteiger partial charge in [-0.15, -0.1) is 0 Å². The number of fused-ring (bicyclic) bond motifs is 5. The van der Waals surface area contributed by atoms with Crippen molar-refractivity contribution in [2.45, 2.75) is 69.6 Å². The molecule has 204 valence electrons. The standard InChI is InChI=1S/C25H26F4N4O5/c1-11-3-4-25(7-18(12(2)26)31-38-25)19-10-32(11)24(37)20-22(35)21(34)15(9-33(19)20)23(36)30-8-14-16(28)5-13(27)6-17(14)29/h5-6,9,11-12,19,21,34-35H,3-4,7-8,10H2,1-2H3,(H,30,36)/t11-,12+,19+,21?,25-/m0/s1. The Labute approximate surface area is 215 Å². The number of nitrogens with zero attached hydrogens (tertiary/aromatic N) is 3. The number of piperazine rings is 1. The topological polar surface area (TPSA) is 115 Å².